The fourth-order valence-electron chi connectivity index (χ4n) is 4.82. The Hall–Kier alpha value is -4.59. The van der Waals surface area contributed by atoms with Crippen LogP contribution < -0.4 is 14.8 Å². The molecule has 0 atom stereocenters. The topological polar surface area (TPSA) is 155 Å². The monoisotopic (exact) mass is 594 g/mol. The number of amides is 1. The van der Waals surface area contributed by atoms with E-state index in [0.29, 0.717) is 0 Å². The van der Waals surface area contributed by atoms with Gasteiger partial charge in [0.1, 0.15) is 5.56 Å². The number of carbonyl (C=O) groups is 4. The van der Waals surface area contributed by atoms with Gasteiger partial charge in [-0.3, -0.25) is 14.4 Å². The molecule has 0 radical (unpaired) electrons. The summed E-state index contributed by atoms with van der Waals surface area (Å²) in [7, 11) is -1.46. The predicted molar refractivity (Wildman–Crippen MR) is 148 cm³/mol. The summed E-state index contributed by atoms with van der Waals surface area (Å²) < 4.78 is 48.7. The number of hydrogen-bond acceptors (Lipinski definition) is 10. The molecule has 2 aliphatic rings. The number of ether oxygens (including phenoxy) is 4. The zero-order chi connectivity index (χ0) is 30.0. The van der Waals surface area contributed by atoms with Crippen molar-refractivity contribution < 1.29 is 46.5 Å². The lowest BCUT2D eigenvalue weighted by Crippen LogP contribution is -2.40. The summed E-state index contributed by atoms with van der Waals surface area (Å²) >= 11 is 0. The van der Waals surface area contributed by atoms with Crippen LogP contribution in [0.5, 0.6) is 11.5 Å². The van der Waals surface area contributed by atoms with Gasteiger partial charge in [0.15, 0.2) is 29.7 Å². The van der Waals surface area contributed by atoms with Crippen molar-refractivity contribution in [2.24, 2.45) is 0 Å². The van der Waals surface area contributed by atoms with Gasteiger partial charge in [0.05, 0.1) is 43.6 Å². The number of anilines is 1. The molecule has 1 aliphatic carbocycles. The van der Waals surface area contributed by atoms with Crippen molar-refractivity contribution in [1.82, 2.24) is 4.31 Å². The highest BCUT2D eigenvalue weighted by molar-refractivity contribution is 7.89. The normalized spacial score (nSPS) is 14.9. The van der Waals surface area contributed by atoms with Gasteiger partial charge in [-0.2, -0.15) is 4.31 Å². The van der Waals surface area contributed by atoms with E-state index in [2.05, 4.69) is 5.32 Å². The highest BCUT2D eigenvalue weighted by Gasteiger charge is 2.33. The van der Waals surface area contributed by atoms with Crippen molar-refractivity contribution in [2.45, 2.75) is 4.90 Å². The minimum Gasteiger partial charge on any atom is -0.493 e. The maximum Gasteiger partial charge on any atom is 0.342 e. The van der Waals surface area contributed by atoms with E-state index in [9.17, 15) is 27.6 Å². The van der Waals surface area contributed by atoms with Crippen LogP contribution in [0.1, 0.15) is 42.2 Å². The Morgan fingerprint density at radius 2 is 1.57 bits per heavy atom. The molecule has 13 heteroatoms. The summed E-state index contributed by atoms with van der Waals surface area (Å²) in [5, 5.41) is 2.53. The number of carbonyl (C=O) groups excluding carboxylic acids is 4. The minimum atomic E-state index is -4.02. The van der Waals surface area contributed by atoms with E-state index >= 15 is 0 Å². The van der Waals surface area contributed by atoms with Crippen LogP contribution in [0, 0.1) is 0 Å². The number of sulfonamides is 1. The fraction of sp³-hybridized carbons (Fsp3) is 0.241. The van der Waals surface area contributed by atoms with Gasteiger partial charge in [-0.05, 0) is 12.1 Å². The van der Waals surface area contributed by atoms with Crippen LogP contribution in [0.25, 0.3) is 0 Å². The van der Waals surface area contributed by atoms with Crippen LogP contribution in [0.15, 0.2) is 59.5 Å². The molecule has 0 spiro atoms. The van der Waals surface area contributed by atoms with E-state index in [4.69, 9.17) is 18.9 Å². The highest BCUT2D eigenvalue weighted by atomic mass is 32.2. The molecule has 3 aromatic carbocycles. The van der Waals surface area contributed by atoms with Crippen molar-refractivity contribution >= 4 is 39.2 Å². The van der Waals surface area contributed by atoms with Crippen LogP contribution in [0.3, 0.4) is 0 Å². The zero-order valence-electron chi connectivity index (χ0n) is 22.7. The van der Waals surface area contributed by atoms with E-state index in [1.807, 2.05) is 0 Å². The number of nitrogens with zero attached hydrogens (tertiary/aromatic N) is 1. The highest BCUT2D eigenvalue weighted by Crippen LogP contribution is 2.36. The Balaban J connectivity index is 1.36. The van der Waals surface area contributed by atoms with Crippen molar-refractivity contribution in [3.05, 3.63) is 82.4 Å². The Morgan fingerprint density at radius 1 is 0.905 bits per heavy atom. The molecule has 1 fully saturated rings. The maximum absolute atomic E-state index is 13.2. The third-order valence-corrected chi connectivity index (χ3v) is 8.72. The molecule has 1 saturated heterocycles. The molecular weight excluding hydrogens is 568 g/mol. The second-order valence-electron chi connectivity index (χ2n) is 9.28. The number of morpholine rings is 1. The molecule has 1 aliphatic heterocycles. The molecule has 0 bridgehead atoms. The van der Waals surface area contributed by atoms with Crippen molar-refractivity contribution in [3.63, 3.8) is 0 Å². The summed E-state index contributed by atoms with van der Waals surface area (Å²) in [5.41, 5.74) is 0.480. The molecule has 5 rings (SSSR count). The summed E-state index contributed by atoms with van der Waals surface area (Å²) in [6.45, 7) is -0.0486. The third-order valence-electron chi connectivity index (χ3n) is 6.84. The molecule has 1 N–H and O–H groups in total. The molecule has 0 saturated carbocycles. The average molecular weight is 595 g/mol. The van der Waals surface area contributed by atoms with Gasteiger partial charge in [-0.25, -0.2) is 13.2 Å². The summed E-state index contributed by atoms with van der Waals surface area (Å²) in [5.74, 6) is -2.72. The number of hydrogen-bond donors (Lipinski definition) is 1. The first-order valence-electron chi connectivity index (χ1n) is 12.8. The van der Waals surface area contributed by atoms with Crippen LogP contribution in [-0.2, 0) is 24.3 Å². The smallest absolute Gasteiger partial charge is 0.342 e. The number of rotatable bonds is 8. The number of nitrogens with one attached hydrogen (secondary N) is 1. The van der Waals surface area contributed by atoms with Crippen LogP contribution in [0.4, 0.5) is 5.69 Å². The molecule has 42 heavy (non-hydrogen) atoms. The van der Waals surface area contributed by atoms with Gasteiger partial charge in [-0.15, -0.1) is 0 Å². The molecule has 0 aromatic heterocycles. The van der Waals surface area contributed by atoms with E-state index in [1.54, 1.807) is 18.2 Å². The van der Waals surface area contributed by atoms with Gasteiger partial charge >= 0.3 is 5.97 Å². The fourth-order valence-corrected chi connectivity index (χ4v) is 6.27. The first kappa shape index (κ1) is 28.9. The molecule has 218 valence electrons. The second kappa shape index (κ2) is 11.7. The van der Waals surface area contributed by atoms with Gasteiger partial charge < -0.3 is 24.3 Å². The predicted octanol–water partition coefficient (Wildman–Crippen LogP) is 2.30. The van der Waals surface area contributed by atoms with E-state index < -0.39 is 34.3 Å². The van der Waals surface area contributed by atoms with Crippen LogP contribution in [-0.4, -0.2) is 83.3 Å². The largest absolute Gasteiger partial charge is 0.493 e. The summed E-state index contributed by atoms with van der Waals surface area (Å²) in [6.07, 6.45) is 0. The van der Waals surface area contributed by atoms with Gasteiger partial charge in [-0.1, -0.05) is 36.4 Å². The lowest BCUT2D eigenvalue weighted by atomic mass is 9.83. The Labute approximate surface area is 241 Å². The first-order chi connectivity index (χ1) is 20.2. The van der Waals surface area contributed by atoms with Gasteiger partial charge in [0.25, 0.3) is 5.91 Å². The van der Waals surface area contributed by atoms with Crippen LogP contribution >= 0.6 is 0 Å². The average Bonchev–Trinajstić information content (AvgIpc) is 3.02. The maximum atomic E-state index is 13.2. The van der Waals surface area contributed by atoms with Crippen molar-refractivity contribution in [1.29, 1.82) is 0 Å². The third kappa shape index (κ3) is 5.24. The van der Waals surface area contributed by atoms with E-state index in [-0.39, 0.29) is 82.0 Å². The Bertz CT molecular complexity index is 1710. The number of esters is 1. The molecule has 1 heterocycles. The summed E-state index contributed by atoms with van der Waals surface area (Å²) in [4.78, 5) is 51.9. The number of benzene rings is 3. The van der Waals surface area contributed by atoms with Gasteiger partial charge in [0.2, 0.25) is 10.0 Å². The Kier molecular flexibility index (Phi) is 8.07. The standard InChI is InChI=1S/C29H26N2O10S/c1-38-23-15-17(42(36,37)31-10-12-40-13-11-31)14-21(28(23)39-2)29(35)41-16-24(32)30-22-9-5-8-20-25(22)27(34)19-7-4-3-6-18(19)26(20)33/h3-9,14-15H,10-13,16H2,1-2H3,(H,30,32). The van der Waals surface area contributed by atoms with Crippen molar-refractivity contribution in [2.75, 3.05) is 52.4 Å². The first-order valence-corrected chi connectivity index (χ1v) is 14.2. The molecule has 12 nitrogen and oxygen atoms in total. The molecule has 3 aromatic rings. The molecule has 1 amide bonds. The number of ketones is 2. The molecule has 0 unspecified atom stereocenters. The SMILES string of the molecule is COc1cc(S(=O)(=O)N2CCOCC2)cc(C(=O)OCC(=O)Nc2cccc3c2C(=O)c2ccccc2C3=O)c1OC. The number of methoxy groups -OCH3 is 2. The van der Waals surface area contributed by atoms with Gasteiger partial charge in [0, 0.05) is 35.8 Å². The van der Waals surface area contributed by atoms with Crippen LogP contribution in [0.2, 0.25) is 0 Å². The number of fused-ring (bicyclic) bond motifs is 2. The summed E-state index contributed by atoms with van der Waals surface area (Å²) in [6, 6.07) is 13.2. The minimum absolute atomic E-state index is 0.0254. The zero-order valence-corrected chi connectivity index (χ0v) is 23.5. The lowest BCUT2D eigenvalue weighted by molar-refractivity contribution is -0.119. The molecular formula is C29H26N2O10S. The van der Waals surface area contributed by atoms with E-state index in [1.165, 1.54) is 48.9 Å². The Morgan fingerprint density at radius 3 is 2.24 bits per heavy atom. The lowest BCUT2D eigenvalue weighted by Gasteiger charge is -2.26. The quantitative estimate of drug-likeness (QED) is 0.301. The van der Waals surface area contributed by atoms with Crippen molar-refractivity contribution in [3.8, 4) is 11.5 Å². The second-order valence-corrected chi connectivity index (χ2v) is 11.2. The van der Waals surface area contributed by atoms with E-state index in [0.717, 1.165) is 6.07 Å².